The lowest BCUT2D eigenvalue weighted by molar-refractivity contribution is -0.707. The number of halogens is 2. The highest BCUT2D eigenvalue weighted by molar-refractivity contribution is 6.35. The van der Waals surface area contributed by atoms with Crippen LogP contribution in [0.2, 0.25) is 10.0 Å². The Hall–Kier alpha value is -0.440. The topological polar surface area (TPSA) is 39.7 Å². The average Bonchev–Trinajstić information content (AvgIpc) is 2.34. The quantitative estimate of drug-likeness (QED) is 0.912. The molecule has 4 heteroatoms. The fraction of sp³-hybridized carbons (Fsp3) is 0.571. The lowest BCUT2D eigenvalue weighted by Gasteiger charge is -2.25. The monoisotopic (exact) mass is 287 g/mol. The first-order valence-corrected chi connectivity index (χ1v) is 7.30. The van der Waals surface area contributed by atoms with Gasteiger partial charge in [-0.2, -0.15) is 0 Å². The van der Waals surface area contributed by atoms with Gasteiger partial charge in [0.2, 0.25) is 0 Å². The van der Waals surface area contributed by atoms with Crippen LogP contribution in [0.1, 0.15) is 38.2 Å². The Kier molecular flexibility index (Phi) is 4.77. The maximum absolute atomic E-state index is 11.8. The Balaban J connectivity index is 1.94. The van der Waals surface area contributed by atoms with Crippen LogP contribution in [0.5, 0.6) is 5.75 Å². The van der Waals surface area contributed by atoms with E-state index in [0.29, 0.717) is 23.2 Å². The first-order chi connectivity index (χ1) is 8.56. The summed E-state index contributed by atoms with van der Waals surface area (Å²) in [6.45, 7) is 2.99. The molecule has 1 fully saturated rings. The normalized spacial score (nSPS) is 24.2. The molecule has 18 heavy (non-hydrogen) atoms. The minimum absolute atomic E-state index is 0.0819. The Labute approximate surface area is 118 Å². The number of quaternary nitrogens is 1. The predicted octanol–water partition coefficient (Wildman–Crippen LogP) is 2.71. The first kappa shape index (κ1) is 14.0. The maximum Gasteiger partial charge on any atom is 0.101 e. The van der Waals surface area contributed by atoms with Gasteiger partial charge in [0.15, 0.2) is 0 Å². The van der Waals surface area contributed by atoms with Gasteiger partial charge in [-0.1, -0.05) is 35.9 Å². The van der Waals surface area contributed by atoms with Gasteiger partial charge in [-0.3, -0.25) is 0 Å². The Bertz CT molecular complexity index is 415. The predicted molar refractivity (Wildman–Crippen MR) is 73.0 cm³/mol. The van der Waals surface area contributed by atoms with Crippen LogP contribution in [-0.4, -0.2) is 6.04 Å². The molecule has 0 amide bonds. The van der Waals surface area contributed by atoms with E-state index >= 15 is 0 Å². The number of nitrogens with two attached hydrogens (primary N) is 1. The smallest absolute Gasteiger partial charge is 0.101 e. The molecule has 2 rings (SSSR count). The number of rotatable bonds is 3. The summed E-state index contributed by atoms with van der Waals surface area (Å²) in [7, 11) is 0. The summed E-state index contributed by atoms with van der Waals surface area (Å²) in [5.41, 5.74) is 0.714. The first-order valence-electron chi connectivity index (χ1n) is 6.54. The zero-order valence-corrected chi connectivity index (χ0v) is 12.1. The van der Waals surface area contributed by atoms with Crippen molar-refractivity contribution < 1.29 is 10.4 Å². The third kappa shape index (κ3) is 3.53. The van der Waals surface area contributed by atoms with E-state index in [-0.39, 0.29) is 10.8 Å². The lowest BCUT2D eigenvalue weighted by Crippen LogP contribution is -2.88. The van der Waals surface area contributed by atoms with Crippen LogP contribution in [0, 0.1) is 5.92 Å². The molecule has 0 aliphatic heterocycles. The summed E-state index contributed by atoms with van der Waals surface area (Å²) in [4.78, 5) is 0. The zero-order valence-electron chi connectivity index (χ0n) is 10.6. The van der Waals surface area contributed by atoms with Crippen molar-refractivity contribution in [3.8, 4) is 5.75 Å². The molecule has 1 aliphatic carbocycles. The summed E-state index contributed by atoms with van der Waals surface area (Å²) in [5, 5.41) is 14.9. The van der Waals surface area contributed by atoms with Crippen molar-refractivity contribution in [2.24, 2.45) is 5.92 Å². The number of hydrogen-bond donors (Lipinski definition) is 1. The second-order valence-corrected chi connectivity index (χ2v) is 6.18. The SMILES string of the molecule is CC1CCC([NH2+]Cc2cc(Cl)cc(Cl)c2[O-])CC1. The van der Waals surface area contributed by atoms with Crippen molar-refractivity contribution in [1.82, 2.24) is 0 Å². The van der Waals surface area contributed by atoms with Gasteiger partial charge < -0.3 is 10.4 Å². The molecule has 0 unspecified atom stereocenters. The van der Waals surface area contributed by atoms with Crippen molar-refractivity contribution in [3.63, 3.8) is 0 Å². The fourth-order valence-electron chi connectivity index (χ4n) is 2.58. The minimum Gasteiger partial charge on any atom is -0.871 e. The van der Waals surface area contributed by atoms with Crippen LogP contribution in [-0.2, 0) is 6.54 Å². The molecule has 0 aromatic heterocycles. The molecule has 0 heterocycles. The summed E-state index contributed by atoms with van der Waals surface area (Å²) in [5.74, 6) is 0.770. The van der Waals surface area contributed by atoms with Crippen molar-refractivity contribution in [2.45, 2.75) is 45.2 Å². The van der Waals surface area contributed by atoms with Gasteiger partial charge in [-0.05, 0) is 43.7 Å². The molecule has 0 bridgehead atoms. The molecule has 0 saturated heterocycles. The molecule has 1 aromatic carbocycles. The maximum atomic E-state index is 11.8. The summed E-state index contributed by atoms with van der Waals surface area (Å²) in [6.07, 6.45) is 5.07. The van der Waals surface area contributed by atoms with Crippen molar-refractivity contribution >= 4 is 23.2 Å². The highest BCUT2D eigenvalue weighted by Crippen LogP contribution is 2.28. The Morgan fingerprint density at radius 2 is 1.89 bits per heavy atom. The number of hydrogen-bond acceptors (Lipinski definition) is 1. The van der Waals surface area contributed by atoms with Crippen LogP contribution in [0.4, 0.5) is 0 Å². The van der Waals surface area contributed by atoms with E-state index in [1.165, 1.54) is 31.7 Å². The number of benzene rings is 1. The molecule has 1 aromatic rings. The van der Waals surface area contributed by atoms with E-state index in [0.717, 1.165) is 5.92 Å². The largest absolute Gasteiger partial charge is 0.871 e. The van der Waals surface area contributed by atoms with E-state index in [9.17, 15) is 5.11 Å². The van der Waals surface area contributed by atoms with Gasteiger partial charge in [0.1, 0.15) is 6.54 Å². The van der Waals surface area contributed by atoms with E-state index in [2.05, 4.69) is 12.2 Å². The molecule has 1 saturated carbocycles. The van der Waals surface area contributed by atoms with E-state index in [1.54, 1.807) is 6.07 Å². The highest BCUT2D eigenvalue weighted by Gasteiger charge is 2.20. The van der Waals surface area contributed by atoms with Crippen LogP contribution < -0.4 is 10.4 Å². The van der Waals surface area contributed by atoms with Gasteiger partial charge in [0, 0.05) is 15.6 Å². The average molecular weight is 288 g/mol. The standard InChI is InChI=1S/C14H19Cl2NO/c1-9-2-4-12(5-3-9)17-8-10-6-11(15)7-13(16)14(10)18/h6-7,9,12,17-18H,2-5,8H2,1H3. The molecule has 2 N–H and O–H groups in total. The van der Waals surface area contributed by atoms with Crippen molar-refractivity contribution in [1.29, 1.82) is 0 Å². The van der Waals surface area contributed by atoms with E-state index in [1.807, 2.05) is 0 Å². The Morgan fingerprint density at radius 1 is 1.22 bits per heavy atom. The van der Waals surface area contributed by atoms with E-state index in [4.69, 9.17) is 23.2 Å². The fourth-order valence-corrected chi connectivity index (χ4v) is 3.12. The molecule has 2 nitrogen and oxygen atoms in total. The lowest BCUT2D eigenvalue weighted by atomic mass is 9.87. The van der Waals surface area contributed by atoms with Crippen LogP contribution in [0.25, 0.3) is 0 Å². The van der Waals surface area contributed by atoms with Crippen LogP contribution in [0.15, 0.2) is 12.1 Å². The zero-order chi connectivity index (χ0) is 13.1. The van der Waals surface area contributed by atoms with Gasteiger partial charge in [-0.25, -0.2) is 0 Å². The van der Waals surface area contributed by atoms with Crippen molar-refractivity contribution in [3.05, 3.63) is 27.7 Å². The van der Waals surface area contributed by atoms with E-state index < -0.39 is 0 Å². The summed E-state index contributed by atoms with van der Waals surface area (Å²) < 4.78 is 0. The molecule has 1 aliphatic rings. The summed E-state index contributed by atoms with van der Waals surface area (Å²) >= 11 is 11.8. The molecule has 0 radical (unpaired) electrons. The molecular formula is C14H19Cl2NO. The third-order valence-electron chi connectivity index (χ3n) is 3.82. The van der Waals surface area contributed by atoms with Crippen LogP contribution >= 0.6 is 23.2 Å². The minimum atomic E-state index is -0.0819. The third-order valence-corrected chi connectivity index (χ3v) is 4.32. The van der Waals surface area contributed by atoms with Crippen molar-refractivity contribution in [2.75, 3.05) is 0 Å². The summed E-state index contributed by atoms with van der Waals surface area (Å²) in [6, 6.07) is 3.88. The molecule has 100 valence electrons. The second-order valence-electron chi connectivity index (χ2n) is 5.34. The second kappa shape index (κ2) is 6.14. The van der Waals surface area contributed by atoms with Gasteiger partial charge in [0.05, 0.1) is 6.04 Å². The molecule has 0 spiro atoms. The highest BCUT2D eigenvalue weighted by atomic mass is 35.5. The van der Waals surface area contributed by atoms with Gasteiger partial charge in [0.25, 0.3) is 0 Å². The van der Waals surface area contributed by atoms with Gasteiger partial charge >= 0.3 is 0 Å². The molecule has 0 atom stereocenters. The molecular weight excluding hydrogens is 269 g/mol. The van der Waals surface area contributed by atoms with Gasteiger partial charge in [-0.15, -0.1) is 0 Å². The Morgan fingerprint density at radius 3 is 2.56 bits per heavy atom. The van der Waals surface area contributed by atoms with Crippen LogP contribution in [0.3, 0.4) is 0 Å².